The van der Waals surface area contributed by atoms with Crippen molar-refractivity contribution < 1.29 is 31.1 Å². The number of hydrogen-bond donors (Lipinski definition) is 2. The number of alkyl halides is 3. The Morgan fingerprint density at radius 1 is 1.10 bits per heavy atom. The molecule has 0 amide bonds. The minimum absolute atomic E-state index is 0.108. The number of halogens is 3. The van der Waals surface area contributed by atoms with E-state index in [1.165, 1.54) is 23.8 Å². The van der Waals surface area contributed by atoms with Crippen LogP contribution in [0.4, 0.5) is 24.5 Å². The summed E-state index contributed by atoms with van der Waals surface area (Å²) < 4.78 is 76.5. The molecule has 5 rings (SSSR count). The lowest BCUT2D eigenvalue weighted by Gasteiger charge is -2.31. The largest absolute Gasteiger partial charge is 0.495 e. The zero-order valence-electron chi connectivity index (χ0n) is 23.6. The quantitative estimate of drug-likeness (QED) is 0.360. The Labute approximate surface area is 244 Å². The van der Waals surface area contributed by atoms with Crippen molar-refractivity contribution in [3.8, 4) is 17.6 Å². The Bertz CT molecular complexity index is 1590. The van der Waals surface area contributed by atoms with Crippen LogP contribution >= 0.6 is 0 Å². The summed E-state index contributed by atoms with van der Waals surface area (Å²) in [7, 11) is -1.98. The molecule has 0 aliphatic carbocycles. The van der Waals surface area contributed by atoms with Crippen LogP contribution in [-0.4, -0.2) is 82.4 Å². The molecule has 1 aromatic heterocycles. The van der Waals surface area contributed by atoms with Crippen molar-refractivity contribution in [1.29, 1.82) is 0 Å². The van der Waals surface area contributed by atoms with Crippen molar-refractivity contribution in [3.63, 3.8) is 0 Å². The van der Waals surface area contributed by atoms with Crippen molar-refractivity contribution in [1.82, 2.24) is 9.47 Å². The van der Waals surface area contributed by atoms with Gasteiger partial charge in [0, 0.05) is 61.8 Å². The summed E-state index contributed by atoms with van der Waals surface area (Å²) in [6.07, 6.45) is -0.300. The van der Waals surface area contributed by atoms with Gasteiger partial charge in [-0.2, -0.15) is 13.2 Å². The summed E-state index contributed by atoms with van der Waals surface area (Å²) >= 11 is 0. The average Bonchev–Trinajstić information content (AvgIpc) is 3.55. The molecule has 3 aromatic rings. The number of likely N-dealkylation sites (tertiary alicyclic amines) is 1. The lowest BCUT2D eigenvalue weighted by Crippen LogP contribution is -2.39. The number of methoxy groups -OCH3 is 1. The molecule has 0 radical (unpaired) electrons. The molecular weight excluding hydrogens is 569 g/mol. The van der Waals surface area contributed by atoms with Crippen LogP contribution in [0.1, 0.15) is 25.0 Å². The Kier molecular flexibility index (Phi) is 8.92. The van der Waals surface area contributed by atoms with Gasteiger partial charge in [0.15, 0.2) is 9.84 Å². The molecule has 2 fully saturated rings. The number of rotatable bonds is 8. The van der Waals surface area contributed by atoms with Gasteiger partial charge in [-0.1, -0.05) is 12.0 Å². The van der Waals surface area contributed by atoms with Gasteiger partial charge in [-0.25, -0.2) is 8.42 Å². The maximum atomic E-state index is 13.6. The minimum Gasteiger partial charge on any atom is -0.495 e. The first-order chi connectivity index (χ1) is 20.0. The van der Waals surface area contributed by atoms with Crippen LogP contribution in [0.2, 0.25) is 0 Å². The zero-order chi connectivity index (χ0) is 29.9. The van der Waals surface area contributed by atoms with Gasteiger partial charge in [0.1, 0.15) is 12.3 Å². The van der Waals surface area contributed by atoms with Crippen LogP contribution in [0.3, 0.4) is 0 Å². The number of benzene rings is 2. The lowest BCUT2D eigenvalue weighted by atomic mass is 10.1. The summed E-state index contributed by atoms with van der Waals surface area (Å²) in [5.74, 6) is 6.14. The molecule has 3 heterocycles. The van der Waals surface area contributed by atoms with Gasteiger partial charge in [0.05, 0.1) is 35.4 Å². The molecule has 1 atom stereocenters. The number of anilines is 2. The van der Waals surface area contributed by atoms with Crippen molar-refractivity contribution in [2.45, 2.75) is 49.0 Å². The Hall–Kier alpha value is -3.40. The first-order valence-electron chi connectivity index (χ1n) is 13.9. The Balaban J connectivity index is 1.35. The monoisotopic (exact) mass is 604 g/mol. The van der Waals surface area contributed by atoms with Crippen molar-refractivity contribution in [2.24, 2.45) is 0 Å². The topological polar surface area (TPSA) is 84.8 Å². The highest BCUT2D eigenvalue weighted by Gasteiger charge is 2.31. The second-order valence-electron chi connectivity index (χ2n) is 10.7. The van der Waals surface area contributed by atoms with E-state index in [0.29, 0.717) is 28.4 Å². The van der Waals surface area contributed by atoms with E-state index in [9.17, 15) is 21.6 Å². The summed E-state index contributed by atoms with van der Waals surface area (Å²) in [5, 5.41) is 7.34. The predicted octanol–water partition coefficient (Wildman–Crippen LogP) is 4.74. The molecule has 0 bridgehead atoms. The van der Waals surface area contributed by atoms with Crippen LogP contribution < -0.4 is 15.4 Å². The van der Waals surface area contributed by atoms with E-state index in [2.05, 4.69) is 27.4 Å². The molecule has 2 N–H and O–H groups in total. The molecule has 0 saturated carbocycles. The van der Waals surface area contributed by atoms with Crippen molar-refractivity contribution in [3.05, 3.63) is 48.2 Å². The lowest BCUT2D eigenvalue weighted by molar-refractivity contribution is -0.140. The molecule has 1 unspecified atom stereocenters. The third-order valence-corrected chi connectivity index (χ3v) is 8.86. The average molecular weight is 605 g/mol. The van der Waals surface area contributed by atoms with Crippen LogP contribution in [0.25, 0.3) is 10.9 Å². The molecule has 2 aliphatic rings. The summed E-state index contributed by atoms with van der Waals surface area (Å²) in [6, 6.07) is 12.2. The SMILES string of the molecule is COc1cc(S(C)(=O)=O)ccc1NCC#Cc1cc2c(NC3CCN(C4CCOCC4)C3)cccc2n1CC(F)(F)F. The van der Waals surface area contributed by atoms with Gasteiger partial charge in [-0.3, -0.25) is 4.90 Å². The number of ether oxygens (including phenoxy) is 2. The third-order valence-electron chi connectivity index (χ3n) is 7.75. The predicted molar refractivity (Wildman–Crippen MR) is 157 cm³/mol. The maximum Gasteiger partial charge on any atom is 0.406 e. The van der Waals surface area contributed by atoms with Crippen molar-refractivity contribution in [2.75, 3.05) is 56.8 Å². The first-order valence-corrected chi connectivity index (χ1v) is 15.8. The van der Waals surface area contributed by atoms with Crippen LogP contribution in [0.5, 0.6) is 5.75 Å². The van der Waals surface area contributed by atoms with Crippen LogP contribution in [0, 0.1) is 11.8 Å². The van der Waals surface area contributed by atoms with Gasteiger partial charge in [0.25, 0.3) is 0 Å². The van der Waals surface area contributed by atoms with E-state index in [-0.39, 0.29) is 23.2 Å². The van der Waals surface area contributed by atoms with Crippen LogP contribution in [-0.2, 0) is 21.1 Å². The van der Waals surface area contributed by atoms with E-state index >= 15 is 0 Å². The second kappa shape index (κ2) is 12.5. The first kappa shape index (κ1) is 30.1. The Morgan fingerprint density at radius 2 is 1.88 bits per heavy atom. The van der Waals surface area contributed by atoms with Gasteiger partial charge in [-0.05, 0) is 55.5 Å². The molecule has 42 heavy (non-hydrogen) atoms. The highest BCUT2D eigenvalue weighted by molar-refractivity contribution is 7.90. The standard InChI is InChI=1S/C30H35F3N4O4S/c1-40-29-18-24(42(2,38)39)8-9-27(29)34-13-4-5-23-17-25-26(6-3-7-28(25)37(23)20-30(31,32)33)35-21-10-14-36(19-21)22-11-15-41-16-12-22/h3,6-9,17-18,21-22,34-35H,10-16,19-20H2,1-2H3. The molecule has 8 nitrogen and oxygen atoms in total. The molecule has 0 spiro atoms. The van der Waals surface area contributed by atoms with Gasteiger partial charge in [-0.15, -0.1) is 0 Å². The van der Waals surface area contributed by atoms with E-state index in [1.807, 2.05) is 6.07 Å². The summed E-state index contributed by atoms with van der Waals surface area (Å²) in [4.78, 5) is 2.61. The number of aromatic nitrogens is 1. The molecule has 2 aromatic carbocycles. The van der Waals surface area contributed by atoms with Crippen molar-refractivity contribution >= 4 is 32.1 Å². The fourth-order valence-corrected chi connectivity index (χ4v) is 6.33. The van der Waals surface area contributed by atoms with E-state index in [4.69, 9.17) is 9.47 Å². The normalized spacial score (nSPS) is 18.5. The zero-order valence-corrected chi connectivity index (χ0v) is 24.4. The number of fused-ring (bicyclic) bond motifs is 1. The fraction of sp³-hybridized carbons (Fsp3) is 0.467. The van der Waals surface area contributed by atoms with E-state index < -0.39 is 22.6 Å². The fourth-order valence-electron chi connectivity index (χ4n) is 5.69. The minimum atomic E-state index is -4.42. The second-order valence-corrected chi connectivity index (χ2v) is 12.7. The molecule has 12 heteroatoms. The van der Waals surface area contributed by atoms with Gasteiger partial charge in [0.2, 0.25) is 0 Å². The molecule has 2 aliphatic heterocycles. The molecule has 226 valence electrons. The molecular formula is C30H35F3N4O4S. The number of nitrogens with one attached hydrogen (secondary N) is 2. The summed E-state index contributed by atoms with van der Waals surface area (Å²) in [6.45, 7) is 2.40. The highest BCUT2D eigenvalue weighted by atomic mass is 32.2. The number of hydrogen-bond acceptors (Lipinski definition) is 7. The highest BCUT2D eigenvalue weighted by Crippen LogP contribution is 2.32. The maximum absolute atomic E-state index is 13.6. The smallest absolute Gasteiger partial charge is 0.406 e. The van der Waals surface area contributed by atoms with Gasteiger partial charge >= 0.3 is 6.18 Å². The number of nitrogens with zero attached hydrogens (tertiary/aromatic N) is 2. The number of sulfone groups is 1. The molecule has 2 saturated heterocycles. The Morgan fingerprint density at radius 3 is 2.60 bits per heavy atom. The summed E-state index contributed by atoms with van der Waals surface area (Å²) in [5.41, 5.74) is 2.04. The van der Waals surface area contributed by atoms with E-state index in [1.54, 1.807) is 24.3 Å². The third kappa shape index (κ3) is 7.14. The van der Waals surface area contributed by atoms with Crippen LogP contribution in [0.15, 0.2) is 47.4 Å². The van der Waals surface area contributed by atoms with Gasteiger partial charge < -0.3 is 24.7 Å². The van der Waals surface area contributed by atoms with E-state index in [0.717, 1.165) is 57.5 Å².